The fourth-order valence-electron chi connectivity index (χ4n) is 2.63. The van der Waals surface area contributed by atoms with E-state index in [1.807, 2.05) is 0 Å². The molecule has 1 atom stereocenters. The molecular formula is C19H40N2. The highest BCUT2D eigenvalue weighted by molar-refractivity contribution is 4.85. The van der Waals surface area contributed by atoms with Gasteiger partial charge in [-0.2, -0.15) is 0 Å². The fraction of sp³-hybridized carbons (Fsp3) is 0.895. The van der Waals surface area contributed by atoms with Crippen molar-refractivity contribution in [2.24, 2.45) is 11.5 Å². The van der Waals surface area contributed by atoms with Crippen molar-refractivity contribution in [2.75, 3.05) is 6.54 Å². The molecule has 0 radical (unpaired) electrons. The van der Waals surface area contributed by atoms with Gasteiger partial charge in [0.2, 0.25) is 0 Å². The Hall–Kier alpha value is -0.340. The summed E-state index contributed by atoms with van der Waals surface area (Å²) >= 11 is 0. The minimum absolute atomic E-state index is 0.376. The van der Waals surface area contributed by atoms with Crippen molar-refractivity contribution in [3.8, 4) is 0 Å². The largest absolute Gasteiger partial charge is 0.330 e. The van der Waals surface area contributed by atoms with E-state index in [1.165, 1.54) is 83.5 Å². The average Bonchev–Trinajstić information content (AvgIpc) is 2.49. The third kappa shape index (κ3) is 17.6. The van der Waals surface area contributed by atoms with Gasteiger partial charge in [-0.05, 0) is 38.6 Å². The molecule has 0 aliphatic carbocycles. The molecule has 0 aliphatic rings. The number of rotatable bonds is 16. The maximum atomic E-state index is 6.12. The molecule has 0 amide bonds. The first-order valence-corrected chi connectivity index (χ1v) is 9.42. The summed E-state index contributed by atoms with van der Waals surface area (Å²) in [5.74, 6) is 0. The van der Waals surface area contributed by atoms with Gasteiger partial charge in [-0.3, -0.25) is 0 Å². The molecule has 0 aromatic rings. The van der Waals surface area contributed by atoms with E-state index in [1.54, 1.807) is 0 Å². The van der Waals surface area contributed by atoms with Gasteiger partial charge in [0.1, 0.15) is 0 Å². The van der Waals surface area contributed by atoms with Crippen LogP contribution in [0.5, 0.6) is 0 Å². The highest BCUT2D eigenvalue weighted by Gasteiger charge is 1.99. The van der Waals surface area contributed by atoms with E-state index in [2.05, 4.69) is 19.1 Å². The van der Waals surface area contributed by atoms with Crippen LogP contribution in [-0.2, 0) is 0 Å². The Labute approximate surface area is 133 Å². The van der Waals surface area contributed by atoms with E-state index >= 15 is 0 Å². The second kappa shape index (κ2) is 17.7. The lowest BCUT2D eigenvalue weighted by Gasteiger charge is -2.08. The molecule has 0 bridgehead atoms. The van der Waals surface area contributed by atoms with Crippen molar-refractivity contribution in [2.45, 2.75) is 103 Å². The zero-order valence-electron chi connectivity index (χ0n) is 14.5. The van der Waals surface area contributed by atoms with E-state index in [-0.39, 0.29) is 0 Å². The van der Waals surface area contributed by atoms with Crippen LogP contribution in [0.15, 0.2) is 12.2 Å². The molecule has 0 saturated carbocycles. The Morgan fingerprint density at radius 2 is 1.38 bits per heavy atom. The van der Waals surface area contributed by atoms with Crippen LogP contribution in [0.1, 0.15) is 96.8 Å². The Morgan fingerprint density at radius 3 is 2.05 bits per heavy atom. The number of hydrogen-bond acceptors (Lipinski definition) is 2. The second-order valence-corrected chi connectivity index (χ2v) is 6.37. The van der Waals surface area contributed by atoms with Gasteiger partial charge >= 0.3 is 0 Å². The summed E-state index contributed by atoms with van der Waals surface area (Å²) in [5.41, 5.74) is 11.6. The number of unbranched alkanes of at least 4 members (excludes halogenated alkanes) is 10. The van der Waals surface area contributed by atoms with E-state index in [0.717, 1.165) is 13.0 Å². The van der Waals surface area contributed by atoms with Crippen molar-refractivity contribution in [1.82, 2.24) is 0 Å². The van der Waals surface area contributed by atoms with Crippen molar-refractivity contribution in [3.63, 3.8) is 0 Å². The number of nitrogens with two attached hydrogens (primary N) is 2. The van der Waals surface area contributed by atoms with E-state index in [9.17, 15) is 0 Å². The minimum atomic E-state index is 0.376. The predicted octanol–water partition coefficient (Wildman–Crippen LogP) is 5.31. The monoisotopic (exact) mass is 296 g/mol. The van der Waals surface area contributed by atoms with Crippen LogP contribution in [0.3, 0.4) is 0 Å². The van der Waals surface area contributed by atoms with Gasteiger partial charge in [0.25, 0.3) is 0 Å². The molecule has 0 saturated heterocycles. The molecule has 0 aliphatic heterocycles. The molecule has 0 heterocycles. The smallest absolute Gasteiger partial charge is 0.00734 e. The Kier molecular flexibility index (Phi) is 17.4. The number of allylic oxidation sites excluding steroid dienone is 1. The maximum Gasteiger partial charge on any atom is 0.00734 e. The van der Waals surface area contributed by atoms with Gasteiger partial charge in [0.15, 0.2) is 0 Å². The Balaban J connectivity index is 3.20. The van der Waals surface area contributed by atoms with Crippen LogP contribution in [0.25, 0.3) is 0 Å². The van der Waals surface area contributed by atoms with Crippen molar-refractivity contribution in [1.29, 1.82) is 0 Å². The molecule has 4 N–H and O–H groups in total. The van der Waals surface area contributed by atoms with Crippen LogP contribution < -0.4 is 11.5 Å². The average molecular weight is 297 g/mol. The quantitative estimate of drug-likeness (QED) is 0.299. The second-order valence-electron chi connectivity index (χ2n) is 6.37. The number of hydrogen-bond donors (Lipinski definition) is 2. The third-order valence-corrected chi connectivity index (χ3v) is 4.11. The first kappa shape index (κ1) is 20.7. The minimum Gasteiger partial charge on any atom is -0.330 e. The summed E-state index contributed by atoms with van der Waals surface area (Å²) in [6, 6.07) is 0.376. The summed E-state index contributed by atoms with van der Waals surface area (Å²) in [5, 5.41) is 0. The van der Waals surface area contributed by atoms with Crippen LogP contribution >= 0.6 is 0 Å². The van der Waals surface area contributed by atoms with Crippen LogP contribution in [0.4, 0.5) is 0 Å². The highest BCUT2D eigenvalue weighted by atomic mass is 14.6. The Morgan fingerprint density at radius 1 is 0.762 bits per heavy atom. The molecule has 1 unspecified atom stereocenters. The highest BCUT2D eigenvalue weighted by Crippen LogP contribution is 2.10. The van der Waals surface area contributed by atoms with Gasteiger partial charge in [0, 0.05) is 6.04 Å². The molecule has 0 aromatic heterocycles. The lowest BCUT2D eigenvalue weighted by molar-refractivity contribution is 0.551. The normalized spacial score (nSPS) is 13.1. The van der Waals surface area contributed by atoms with Crippen LogP contribution in [0, 0.1) is 0 Å². The first-order chi connectivity index (χ1) is 10.3. The van der Waals surface area contributed by atoms with Gasteiger partial charge in [-0.15, -0.1) is 0 Å². The van der Waals surface area contributed by atoms with Crippen molar-refractivity contribution >= 4 is 0 Å². The maximum absolute atomic E-state index is 6.12. The van der Waals surface area contributed by atoms with Gasteiger partial charge < -0.3 is 11.5 Å². The lowest BCUT2D eigenvalue weighted by atomic mass is 10.0. The molecule has 0 spiro atoms. The van der Waals surface area contributed by atoms with Crippen molar-refractivity contribution in [3.05, 3.63) is 12.2 Å². The summed E-state index contributed by atoms with van der Waals surface area (Å²) in [6.07, 6.45) is 22.8. The summed E-state index contributed by atoms with van der Waals surface area (Å²) < 4.78 is 0. The SMILES string of the molecule is CCCCCCC(N)CC=CCCCCCCCCCN. The molecule has 2 nitrogen and oxygen atoms in total. The molecule has 0 fully saturated rings. The molecule has 126 valence electrons. The van der Waals surface area contributed by atoms with Gasteiger partial charge in [-0.25, -0.2) is 0 Å². The molecule has 2 heteroatoms. The molecule has 0 rings (SSSR count). The van der Waals surface area contributed by atoms with Crippen LogP contribution in [0.2, 0.25) is 0 Å². The predicted molar refractivity (Wildman–Crippen MR) is 96.5 cm³/mol. The van der Waals surface area contributed by atoms with Gasteiger partial charge in [-0.1, -0.05) is 76.9 Å². The van der Waals surface area contributed by atoms with E-state index in [0.29, 0.717) is 6.04 Å². The fourth-order valence-corrected chi connectivity index (χ4v) is 2.63. The first-order valence-electron chi connectivity index (χ1n) is 9.42. The lowest BCUT2D eigenvalue weighted by Crippen LogP contribution is -2.18. The van der Waals surface area contributed by atoms with Gasteiger partial charge in [0.05, 0.1) is 0 Å². The summed E-state index contributed by atoms with van der Waals surface area (Å²) in [6.45, 7) is 3.11. The summed E-state index contributed by atoms with van der Waals surface area (Å²) in [7, 11) is 0. The molecular weight excluding hydrogens is 256 g/mol. The van der Waals surface area contributed by atoms with E-state index in [4.69, 9.17) is 11.5 Å². The topological polar surface area (TPSA) is 52.0 Å². The zero-order valence-corrected chi connectivity index (χ0v) is 14.5. The molecule has 21 heavy (non-hydrogen) atoms. The molecule has 0 aromatic carbocycles. The Bertz CT molecular complexity index is 214. The third-order valence-electron chi connectivity index (χ3n) is 4.11. The summed E-state index contributed by atoms with van der Waals surface area (Å²) in [4.78, 5) is 0. The standard InChI is InChI=1S/C19H40N2/c1-2-3-4-13-16-19(21)17-14-11-9-7-5-6-8-10-12-15-18-20/h11,14,19H,2-10,12-13,15-18,20-21H2,1H3. The van der Waals surface area contributed by atoms with E-state index < -0.39 is 0 Å². The van der Waals surface area contributed by atoms with Crippen molar-refractivity contribution < 1.29 is 0 Å². The van der Waals surface area contributed by atoms with Crippen LogP contribution in [-0.4, -0.2) is 12.6 Å². The zero-order chi connectivity index (χ0) is 15.6.